The third kappa shape index (κ3) is 2.79. The number of carbonyl (C=O) groups is 1. The molecule has 0 aromatic carbocycles. The molecular formula is C13H17Cl2N3O. The molecule has 1 atom stereocenters. The van der Waals surface area contributed by atoms with E-state index in [0.29, 0.717) is 13.0 Å². The molecular weight excluding hydrogens is 285 g/mol. The van der Waals surface area contributed by atoms with E-state index in [1.54, 1.807) is 13.1 Å². The van der Waals surface area contributed by atoms with Gasteiger partial charge >= 0.3 is 0 Å². The summed E-state index contributed by atoms with van der Waals surface area (Å²) in [6.45, 7) is 2.22. The van der Waals surface area contributed by atoms with Gasteiger partial charge in [0.2, 0.25) is 5.91 Å². The van der Waals surface area contributed by atoms with Crippen LogP contribution >= 0.6 is 23.2 Å². The van der Waals surface area contributed by atoms with Gasteiger partial charge in [-0.15, -0.1) is 23.2 Å². The Balaban J connectivity index is 1.96. The van der Waals surface area contributed by atoms with Crippen molar-refractivity contribution in [3.05, 3.63) is 23.9 Å². The minimum atomic E-state index is -0.926. The van der Waals surface area contributed by atoms with Gasteiger partial charge in [-0.2, -0.15) is 0 Å². The number of aromatic nitrogens is 1. The van der Waals surface area contributed by atoms with Gasteiger partial charge in [-0.3, -0.25) is 4.79 Å². The van der Waals surface area contributed by atoms with E-state index in [-0.39, 0.29) is 5.91 Å². The van der Waals surface area contributed by atoms with Crippen molar-refractivity contribution in [1.82, 2.24) is 10.3 Å². The summed E-state index contributed by atoms with van der Waals surface area (Å²) in [4.78, 5) is 18.2. The van der Waals surface area contributed by atoms with E-state index in [4.69, 9.17) is 23.2 Å². The number of halogens is 2. The maximum absolute atomic E-state index is 12.0. The molecule has 1 fully saturated rings. The fraction of sp³-hybridized carbons (Fsp3) is 0.538. The molecule has 1 saturated carbocycles. The number of pyridine rings is 1. The zero-order valence-corrected chi connectivity index (χ0v) is 12.7. The summed E-state index contributed by atoms with van der Waals surface area (Å²) in [6.07, 6.45) is 2.22. The molecule has 0 spiro atoms. The minimum Gasteiger partial charge on any atom is -0.363 e. The fourth-order valence-electron chi connectivity index (χ4n) is 1.84. The summed E-state index contributed by atoms with van der Waals surface area (Å²) in [6, 6.07) is 3.81. The van der Waals surface area contributed by atoms with Crippen molar-refractivity contribution in [2.75, 3.05) is 19.0 Å². The Bertz CT molecular complexity index is 504. The standard InChI is InChI=1S/C13H17Cl2N3O/c1-12(8-13(12,14)15)11(19)17-7-9-4-5-16-10(6-9)18(2)3/h4-6H,7-8H2,1-3H3,(H,17,19)/t12-/m0/s1. The van der Waals surface area contributed by atoms with E-state index in [0.717, 1.165) is 11.4 Å². The first-order valence-electron chi connectivity index (χ1n) is 6.05. The Morgan fingerprint density at radius 2 is 2.16 bits per heavy atom. The second-order valence-corrected chi connectivity index (χ2v) is 6.80. The highest BCUT2D eigenvalue weighted by Crippen LogP contribution is 2.63. The smallest absolute Gasteiger partial charge is 0.229 e. The third-order valence-electron chi connectivity index (χ3n) is 3.48. The van der Waals surface area contributed by atoms with Gasteiger partial charge in [-0.25, -0.2) is 4.98 Å². The van der Waals surface area contributed by atoms with E-state index in [2.05, 4.69) is 10.3 Å². The molecule has 1 aromatic rings. The van der Waals surface area contributed by atoms with Crippen LogP contribution < -0.4 is 10.2 Å². The van der Waals surface area contributed by atoms with Crippen molar-refractivity contribution in [1.29, 1.82) is 0 Å². The lowest BCUT2D eigenvalue weighted by molar-refractivity contribution is -0.125. The lowest BCUT2D eigenvalue weighted by Gasteiger charge is -2.14. The second kappa shape index (κ2) is 4.84. The van der Waals surface area contributed by atoms with Crippen LogP contribution in [0.2, 0.25) is 0 Å². The molecule has 2 rings (SSSR count). The van der Waals surface area contributed by atoms with Gasteiger partial charge in [0, 0.05) is 26.8 Å². The minimum absolute atomic E-state index is 0.110. The molecule has 4 nitrogen and oxygen atoms in total. The molecule has 1 aromatic heterocycles. The largest absolute Gasteiger partial charge is 0.363 e. The van der Waals surface area contributed by atoms with E-state index in [9.17, 15) is 4.79 Å². The van der Waals surface area contributed by atoms with Crippen molar-refractivity contribution < 1.29 is 4.79 Å². The molecule has 1 aliphatic rings. The Hall–Kier alpha value is -1.00. The van der Waals surface area contributed by atoms with E-state index in [1.807, 2.05) is 31.1 Å². The normalized spacial score (nSPS) is 23.8. The van der Waals surface area contributed by atoms with Gasteiger partial charge in [0.25, 0.3) is 0 Å². The molecule has 1 heterocycles. The number of carbonyl (C=O) groups excluding carboxylic acids is 1. The lowest BCUT2D eigenvalue weighted by atomic mass is 10.1. The molecule has 6 heteroatoms. The van der Waals surface area contributed by atoms with Crippen LogP contribution in [0.5, 0.6) is 0 Å². The van der Waals surface area contributed by atoms with Gasteiger partial charge in [0.15, 0.2) is 0 Å². The predicted octanol–water partition coefficient (Wildman–Crippen LogP) is 2.35. The number of alkyl halides is 2. The van der Waals surface area contributed by atoms with Gasteiger partial charge < -0.3 is 10.2 Å². The molecule has 1 N–H and O–H groups in total. The molecule has 0 unspecified atom stereocenters. The number of nitrogens with zero attached hydrogens (tertiary/aromatic N) is 2. The quantitative estimate of drug-likeness (QED) is 0.868. The van der Waals surface area contributed by atoms with E-state index in [1.165, 1.54) is 0 Å². The summed E-state index contributed by atoms with van der Waals surface area (Å²) < 4.78 is -0.926. The van der Waals surface area contributed by atoms with Crippen LogP contribution in [0.4, 0.5) is 5.82 Å². The van der Waals surface area contributed by atoms with Crippen molar-refractivity contribution in [2.45, 2.75) is 24.2 Å². The molecule has 104 valence electrons. The van der Waals surface area contributed by atoms with Crippen LogP contribution in [-0.4, -0.2) is 29.3 Å². The molecule has 19 heavy (non-hydrogen) atoms. The summed E-state index contributed by atoms with van der Waals surface area (Å²) in [5.41, 5.74) is 0.319. The van der Waals surface area contributed by atoms with Gasteiger partial charge in [0.05, 0.1) is 5.41 Å². The highest BCUT2D eigenvalue weighted by molar-refractivity contribution is 6.53. The van der Waals surface area contributed by atoms with Gasteiger partial charge in [-0.05, 0) is 31.0 Å². The zero-order chi connectivity index (χ0) is 14.3. The third-order valence-corrected chi connectivity index (χ3v) is 4.58. The average molecular weight is 302 g/mol. The number of hydrogen-bond acceptors (Lipinski definition) is 3. The molecule has 1 aliphatic carbocycles. The molecule has 0 bridgehead atoms. The van der Waals surface area contributed by atoms with Crippen molar-refractivity contribution in [3.63, 3.8) is 0 Å². The molecule has 0 aliphatic heterocycles. The van der Waals surface area contributed by atoms with Crippen LogP contribution in [0, 0.1) is 5.41 Å². The Morgan fingerprint density at radius 3 is 2.68 bits per heavy atom. The van der Waals surface area contributed by atoms with E-state index < -0.39 is 9.75 Å². The van der Waals surface area contributed by atoms with Crippen LogP contribution in [0.25, 0.3) is 0 Å². The summed E-state index contributed by atoms with van der Waals surface area (Å²) in [5, 5.41) is 2.87. The van der Waals surface area contributed by atoms with Crippen molar-refractivity contribution >= 4 is 34.9 Å². The number of rotatable bonds is 4. The first-order chi connectivity index (χ1) is 8.76. The maximum Gasteiger partial charge on any atom is 0.229 e. The van der Waals surface area contributed by atoms with Gasteiger partial charge in [-0.1, -0.05) is 0 Å². The Kier molecular flexibility index (Phi) is 3.67. The number of amides is 1. The topological polar surface area (TPSA) is 45.2 Å². The average Bonchev–Trinajstić information content (AvgIpc) is 2.87. The summed E-state index contributed by atoms with van der Waals surface area (Å²) in [7, 11) is 3.84. The first kappa shape index (κ1) is 14.4. The number of nitrogens with one attached hydrogen (secondary N) is 1. The molecule has 0 radical (unpaired) electrons. The first-order valence-corrected chi connectivity index (χ1v) is 6.80. The number of anilines is 1. The summed E-state index contributed by atoms with van der Waals surface area (Å²) >= 11 is 12.0. The highest BCUT2D eigenvalue weighted by atomic mass is 35.5. The second-order valence-electron chi connectivity index (χ2n) is 5.31. The van der Waals surface area contributed by atoms with Crippen LogP contribution in [0.3, 0.4) is 0 Å². The van der Waals surface area contributed by atoms with E-state index >= 15 is 0 Å². The lowest BCUT2D eigenvalue weighted by Crippen LogP contribution is -2.32. The molecule has 0 saturated heterocycles. The Morgan fingerprint density at radius 1 is 1.53 bits per heavy atom. The Labute approximate surface area is 123 Å². The van der Waals surface area contributed by atoms with Crippen LogP contribution in [-0.2, 0) is 11.3 Å². The van der Waals surface area contributed by atoms with Crippen molar-refractivity contribution in [3.8, 4) is 0 Å². The van der Waals surface area contributed by atoms with Crippen molar-refractivity contribution in [2.24, 2.45) is 5.41 Å². The SMILES string of the molecule is CN(C)c1cc(CNC(=O)[C@]2(C)CC2(Cl)Cl)ccn1. The predicted molar refractivity (Wildman–Crippen MR) is 77.6 cm³/mol. The highest BCUT2D eigenvalue weighted by Gasteiger charge is 2.67. The van der Waals surface area contributed by atoms with Gasteiger partial charge in [0.1, 0.15) is 10.2 Å². The monoisotopic (exact) mass is 301 g/mol. The molecule has 1 amide bonds. The summed E-state index contributed by atoms with van der Waals surface area (Å²) in [5.74, 6) is 0.745. The fourth-order valence-corrected chi connectivity index (χ4v) is 2.54. The maximum atomic E-state index is 12.0. The zero-order valence-electron chi connectivity index (χ0n) is 11.2. The number of hydrogen-bond donors (Lipinski definition) is 1. The van der Waals surface area contributed by atoms with Crippen LogP contribution in [0.15, 0.2) is 18.3 Å². The van der Waals surface area contributed by atoms with Crippen LogP contribution in [0.1, 0.15) is 18.9 Å².